The molecule has 37 heavy (non-hydrogen) atoms. The van der Waals surface area contributed by atoms with Gasteiger partial charge in [-0.2, -0.15) is 0 Å². The van der Waals surface area contributed by atoms with Crippen molar-refractivity contribution in [2.24, 2.45) is 16.6 Å². The van der Waals surface area contributed by atoms with Crippen molar-refractivity contribution in [1.29, 1.82) is 0 Å². The molecule has 1 aromatic carbocycles. The molecule has 3 atom stereocenters. The molecule has 2 aromatic rings. The first kappa shape index (κ1) is 25.0. The van der Waals surface area contributed by atoms with Gasteiger partial charge in [0, 0.05) is 46.9 Å². The largest absolute Gasteiger partial charge is 0.503 e. The predicted molar refractivity (Wildman–Crippen MR) is 135 cm³/mol. The number of fused-ring (bicyclic) bond motifs is 1. The second kappa shape index (κ2) is 10.0. The summed E-state index contributed by atoms with van der Waals surface area (Å²) in [5, 5.41) is 5.83. The molecule has 2 saturated heterocycles. The molecule has 0 saturated carbocycles. The number of nitrogens with two attached hydrogens (primary N) is 1. The molecule has 0 bridgehead atoms. The number of carbonyl (C=O) groups is 2. The van der Waals surface area contributed by atoms with Crippen molar-refractivity contribution in [2.75, 3.05) is 33.9 Å². The average molecular weight is 547 g/mol. The van der Waals surface area contributed by atoms with Crippen molar-refractivity contribution >= 4 is 40.8 Å². The van der Waals surface area contributed by atoms with Crippen LogP contribution in [0.3, 0.4) is 0 Å². The number of carbonyl (C=O) groups excluding carboxylic acids is 2. The maximum atomic E-state index is 13.9. The SMILES string of the molecule is CO/C=C1\C2CN(C(N)=O)CC2N1CC1=C(C(=O)OC)[C@H](c2ccc(F)cc2Cl)N=C(c2nccs2)N1. The number of halogens is 2. The summed E-state index contributed by atoms with van der Waals surface area (Å²) in [6.45, 7) is 1.19. The number of hydrogen-bond donors (Lipinski definition) is 2. The van der Waals surface area contributed by atoms with Crippen LogP contribution in [0.2, 0.25) is 5.02 Å². The molecule has 13 heteroatoms. The van der Waals surface area contributed by atoms with Gasteiger partial charge in [0.2, 0.25) is 0 Å². The van der Waals surface area contributed by atoms with Crippen LogP contribution in [0.5, 0.6) is 0 Å². The highest BCUT2D eigenvalue weighted by atomic mass is 35.5. The van der Waals surface area contributed by atoms with E-state index in [1.807, 2.05) is 5.38 Å². The van der Waals surface area contributed by atoms with Crippen LogP contribution in [0, 0.1) is 11.7 Å². The molecule has 2 amide bonds. The Morgan fingerprint density at radius 3 is 2.81 bits per heavy atom. The first-order valence-corrected chi connectivity index (χ1v) is 12.6. The number of aromatic nitrogens is 1. The van der Waals surface area contributed by atoms with Crippen LogP contribution in [-0.2, 0) is 14.3 Å². The van der Waals surface area contributed by atoms with Gasteiger partial charge in [0.15, 0.2) is 10.8 Å². The zero-order valence-electron chi connectivity index (χ0n) is 20.0. The van der Waals surface area contributed by atoms with Gasteiger partial charge in [0.25, 0.3) is 0 Å². The van der Waals surface area contributed by atoms with E-state index in [1.54, 1.807) is 24.5 Å². The number of primary amides is 1. The summed E-state index contributed by atoms with van der Waals surface area (Å²) in [4.78, 5) is 37.7. The van der Waals surface area contributed by atoms with Crippen LogP contribution in [0.25, 0.3) is 0 Å². The number of esters is 1. The number of nitrogens with zero attached hydrogens (tertiary/aromatic N) is 4. The van der Waals surface area contributed by atoms with Gasteiger partial charge < -0.3 is 30.3 Å². The lowest BCUT2D eigenvalue weighted by atomic mass is 9.86. The Hall–Kier alpha value is -3.64. The first-order valence-electron chi connectivity index (χ1n) is 11.4. The van der Waals surface area contributed by atoms with Crippen LogP contribution in [-0.4, -0.2) is 72.5 Å². The predicted octanol–water partition coefficient (Wildman–Crippen LogP) is 2.64. The van der Waals surface area contributed by atoms with Crippen molar-refractivity contribution in [3.63, 3.8) is 0 Å². The number of methoxy groups -OCH3 is 2. The molecule has 3 aliphatic rings. The quantitative estimate of drug-likeness (QED) is 0.422. The van der Waals surface area contributed by atoms with E-state index in [0.717, 1.165) is 5.70 Å². The maximum absolute atomic E-state index is 13.9. The zero-order valence-corrected chi connectivity index (χ0v) is 21.6. The summed E-state index contributed by atoms with van der Waals surface area (Å²) in [6.07, 6.45) is 3.29. The van der Waals surface area contributed by atoms with E-state index in [1.165, 1.54) is 36.6 Å². The number of amides is 2. The Labute approximate surface area is 221 Å². The molecule has 3 N–H and O–H groups in total. The van der Waals surface area contributed by atoms with Crippen molar-refractivity contribution < 1.29 is 23.5 Å². The van der Waals surface area contributed by atoms with Crippen LogP contribution in [0.15, 0.2) is 58.0 Å². The number of urea groups is 1. The lowest BCUT2D eigenvalue weighted by Crippen LogP contribution is -2.55. The van der Waals surface area contributed by atoms with Crippen molar-refractivity contribution in [2.45, 2.75) is 12.1 Å². The molecular formula is C24H24ClFN6O4S. The summed E-state index contributed by atoms with van der Waals surface area (Å²) in [5.74, 6) is -0.596. The summed E-state index contributed by atoms with van der Waals surface area (Å²) in [5.41, 5.74) is 7.62. The van der Waals surface area contributed by atoms with E-state index in [-0.39, 0.29) is 29.1 Å². The maximum Gasteiger partial charge on any atom is 0.338 e. The van der Waals surface area contributed by atoms with Gasteiger partial charge in [-0.1, -0.05) is 17.7 Å². The standard InChI is InChI=1S/C24H24ClFN6O4S/c1-35-11-18-14-8-31(24(27)34)10-17(14)32(18)9-16-19(23(33)36-2)20(13-4-3-12(26)7-15(13)25)30-21(29-16)22-28-5-6-37-22/h3-7,11,14,17,20H,8-10H2,1-2H3,(H2,27,34)(H,29,30)/b18-11+/t14?,17?,20-/m0/s1. The van der Waals surface area contributed by atoms with Crippen molar-refractivity contribution in [1.82, 2.24) is 20.1 Å². The molecule has 0 radical (unpaired) electrons. The third-order valence-corrected chi connectivity index (χ3v) is 7.81. The summed E-state index contributed by atoms with van der Waals surface area (Å²) >= 11 is 7.80. The Morgan fingerprint density at radius 1 is 1.35 bits per heavy atom. The topological polar surface area (TPSA) is 122 Å². The Kier molecular flexibility index (Phi) is 6.78. The number of nitrogens with one attached hydrogen (secondary N) is 1. The Bertz CT molecular complexity index is 1330. The fourth-order valence-corrected chi connectivity index (χ4v) is 5.88. The summed E-state index contributed by atoms with van der Waals surface area (Å²) in [6, 6.07) is 2.59. The molecule has 3 aliphatic heterocycles. The van der Waals surface area contributed by atoms with Crippen LogP contribution in [0.4, 0.5) is 9.18 Å². The molecule has 0 spiro atoms. The highest BCUT2D eigenvalue weighted by Crippen LogP contribution is 2.43. The molecule has 0 aliphatic carbocycles. The number of ether oxygens (including phenoxy) is 2. The third-order valence-electron chi connectivity index (χ3n) is 6.70. The van der Waals surface area contributed by atoms with E-state index in [4.69, 9.17) is 31.8 Å². The summed E-state index contributed by atoms with van der Waals surface area (Å²) in [7, 11) is 2.84. The van der Waals surface area contributed by atoms with Gasteiger partial charge in [0.05, 0.1) is 38.1 Å². The minimum Gasteiger partial charge on any atom is -0.503 e. The molecule has 5 rings (SSSR count). The number of thiazole rings is 1. The normalized spacial score (nSPS) is 23.8. The second-order valence-corrected chi connectivity index (χ2v) is 10.0. The molecule has 194 valence electrons. The fraction of sp³-hybridized carbons (Fsp3) is 0.333. The second-order valence-electron chi connectivity index (χ2n) is 8.72. The van der Waals surface area contributed by atoms with Gasteiger partial charge in [-0.05, 0) is 12.1 Å². The van der Waals surface area contributed by atoms with Gasteiger partial charge in [-0.25, -0.2) is 19.0 Å². The molecule has 2 unspecified atom stereocenters. The fourth-order valence-electron chi connectivity index (χ4n) is 5.02. The molecule has 10 nitrogen and oxygen atoms in total. The van der Waals surface area contributed by atoms with Gasteiger partial charge >= 0.3 is 12.0 Å². The van der Waals surface area contributed by atoms with Crippen LogP contribution < -0.4 is 11.1 Å². The smallest absolute Gasteiger partial charge is 0.338 e. The van der Waals surface area contributed by atoms with Gasteiger partial charge in [0.1, 0.15) is 18.1 Å². The molecule has 4 heterocycles. The number of benzene rings is 1. The number of hydrogen-bond acceptors (Lipinski definition) is 9. The molecule has 2 fully saturated rings. The van der Waals surface area contributed by atoms with E-state index in [0.29, 0.717) is 35.2 Å². The van der Waals surface area contributed by atoms with Crippen LogP contribution in [0.1, 0.15) is 16.6 Å². The molecular weight excluding hydrogens is 523 g/mol. The van der Waals surface area contributed by atoms with E-state index in [9.17, 15) is 14.0 Å². The minimum absolute atomic E-state index is 0.0165. The summed E-state index contributed by atoms with van der Waals surface area (Å²) < 4.78 is 24.3. The zero-order chi connectivity index (χ0) is 26.3. The Balaban J connectivity index is 1.58. The number of aliphatic imine (C=N–C) groups is 1. The molecule has 1 aromatic heterocycles. The van der Waals surface area contributed by atoms with Gasteiger partial charge in [-0.15, -0.1) is 11.3 Å². The highest BCUT2D eigenvalue weighted by molar-refractivity contribution is 7.11. The lowest BCUT2D eigenvalue weighted by molar-refractivity contribution is -0.136. The number of rotatable bonds is 6. The van der Waals surface area contributed by atoms with Crippen molar-refractivity contribution in [3.8, 4) is 0 Å². The number of amidine groups is 1. The van der Waals surface area contributed by atoms with E-state index >= 15 is 0 Å². The third kappa shape index (κ3) is 4.51. The van der Waals surface area contributed by atoms with Crippen LogP contribution >= 0.6 is 22.9 Å². The Morgan fingerprint density at radius 2 is 2.16 bits per heavy atom. The highest BCUT2D eigenvalue weighted by Gasteiger charge is 2.51. The monoisotopic (exact) mass is 546 g/mol. The number of likely N-dealkylation sites (tertiary alicyclic amines) is 2. The first-order chi connectivity index (χ1) is 17.8. The average Bonchev–Trinajstić information content (AvgIpc) is 3.54. The van der Waals surface area contributed by atoms with E-state index < -0.39 is 23.9 Å². The van der Waals surface area contributed by atoms with Gasteiger partial charge in [-0.3, -0.25) is 4.99 Å². The van der Waals surface area contributed by atoms with E-state index in [2.05, 4.69) is 15.2 Å². The van der Waals surface area contributed by atoms with Crippen molar-refractivity contribution in [3.05, 3.63) is 74.4 Å². The minimum atomic E-state index is -0.867. The lowest BCUT2D eigenvalue weighted by Gasteiger charge is -2.48.